The number of hydrogen-bond acceptors (Lipinski definition) is 8. The lowest BCUT2D eigenvalue weighted by atomic mass is 9.65. The molecule has 0 atom stereocenters. The van der Waals surface area contributed by atoms with E-state index >= 15 is 0 Å². The summed E-state index contributed by atoms with van der Waals surface area (Å²) < 4.78 is 137. The first kappa shape index (κ1) is 66.0. The molecule has 11 rings (SSSR count). The number of aromatic amines is 2. The molecule has 92 heavy (non-hydrogen) atoms. The molecule has 2 N–H and O–H groups in total. The fourth-order valence-electron chi connectivity index (χ4n) is 15.6. The molecule has 0 amide bonds. The van der Waals surface area contributed by atoms with Crippen molar-refractivity contribution in [2.45, 2.75) is 193 Å². The van der Waals surface area contributed by atoms with Crippen LogP contribution >= 0.6 is 0 Å². The third-order valence-electron chi connectivity index (χ3n) is 19.9. The number of benzene rings is 4. The summed E-state index contributed by atoms with van der Waals surface area (Å²) in [5.74, 6) is -0.811. The maximum Gasteiger partial charge on any atom is 0.534 e. The highest BCUT2D eigenvalue weighted by Gasteiger charge is 2.50. The maximum absolute atomic E-state index is 13.4. The van der Waals surface area contributed by atoms with E-state index in [0.29, 0.717) is 12.8 Å². The summed E-state index contributed by atoms with van der Waals surface area (Å²) in [6.07, 6.45) is 14.8. The minimum Gasteiger partial charge on any atom is -0.376 e. The minimum absolute atomic E-state index is 0.405. The molecule has 2 fully saturated rings. The molecule has 2 saturated carbocycles. The second-order valence-electron chi connectivity index (χ2n) is 24.7. The van der Waals surface area contributed by atoms with Gasteiger partial charge in [0.05, 0.1) is 33.8 Å². The molecule has 3 aromatic heterocycles. The molecule has 4 aromatic carbocycles. The molecule has 4 aliphatic rings. The summed E-state index contributed by atoms with van der Waals surface area (Å²) in [5, 5.41) is 0. The number of aromatic nitrogens is 4. The van der Waals surface area contributed by atoms with Crippen LogP contribution in [0.4, 0.5) is 26.3 Å². The van der Waals surface area contributed by atoms with Gasteiger partial charge in [0.25, 0.3) is 0 Å². The van der Waals surface area contributed by atoms with E-state index in [-0.39, 0.29) is 0 Å². The lowest BCUT2D eigenvalue weighted by Crippen LogP contribution is -2.30. The van der Waals surface area contributed by atoms with Crippen molar-refractivity contribution in [3.8, 4) is 33.8 Å². The van der Waals surface area contributed by atoms with Gasteiger partial charge in [-0.2, -0.15) is 43.2 Å². The molecule has 7 aromatic rings. The molecule has 0 unspecified atom stereocenters. The quantitative estimate of drug-likeness (QED) is 0.0491. The van der Waals surface area contributed by atoms with Crippen LogP contribution in [-0.2, 0) is 56.7 Å². The predicted molar refractivity (Wildman–Crippen MR) is 356 cm³/mol. The molecule has 486 valence electrons. The van der Waals surface area contributed by atoms with Crippen molar-refractivity contribution in [2.75, 3.05) is 0 Å². The Labute approximate surface area is 536 Å². The zero-order chi connectivity index (χ0) is 65.7. The van der Waals surface area contributed by atoms with E-state index < -0.39 is 53.6 Å². The highest BCUT2D eigenvalue weighted by Crippen LogP contribution is 2.51. The standard InChI is InChI=1S/C74H80F6N4O6S2/c1-9-53-57(13-5)67-65(45-23-27-47(28-24-45)71(39-19-17-20-40-71)49-31-35-51(36-32-49)89-91(85,86)73(75,76)77)68-59(15-7)55(11-3)63(83-68)44-64-56(12-4)60(16-8)70(84-64)66(69-58(14-6)54(10-2)62(82-69)43-61(53)81-67)46-25-29-48(30-26-46)72(41-21-18-22-42-72)50-33-37-52(38-34-50)90-92(87,88)74(78,79)80/h23-38,43-44,81-82H,9-22,39-42H2,1-8H3. The Kier molecular flexibility index (Phi) is 18.5. The van der Waals surface area contributed by atoms with Gasteiger partial charge in [-0.25, -0.2) is 9.97 Å². The van der Waals surface area contributed by atoms with Crippen molar-refractivity contribution < 1.29 is 51.5 Å². The molecule has 10 nitrogen and oxygen atoms in total. The van der Waals surface area contributed by atoms with Crippen molar-refractivity contribution >= 4 is 64.6 Å². The normalized spacial score (nSPS) is 16.3. The van der Waals surface area contributed by atoms with Crippen LogP contribution in [0.3, 0.4) is 0 Å². The van der Waals surface area contributed by atoms with Crippen molar-refractivity contribution in [3.05, 3.63) is 176 Å². The third-order valence-corrected chi connectivity index (χ3v) is 21.9. The Morgan fingerprint density at radius 3 is 0.989 bits per heavy atom. The first-order valence-corrected chi connectivity index (χ1v) is 35.5. The van der Waals surface area contributed by atoms with Crippen molar-refractivity contribution in [1.29, 1.82) is 0 Å². The Balaban J connectivity index is 1.14. The zero-order valence-electron chi connectivity index (χ0n) is 53.5. The number of halogens is 6. The van der Waals surface area contributed by atoms with Crippen LogP contribution in [0.25, 0.3) is 66.6 Å². The van der Waals surface area contributed by atoms with Gasteiger partial charge in [-0.3, -0.25) is 0 Å². The second kappa shape index (κ2) is 25.8. The number of alkyl halides is 6. The summed E-state index contributed by atoms with van der Waals surface area (Å²) in [7, 11) is -11.7. The molecule has 0 radical (unpaired) electrons. The Hall–Kier alpha value is -7.44. The molecule has 8 bridgehead atoms. The van der Waals surface area contributed by atoms with Crippen LogP contribution < -0.4 is 8.37 Å². The van der Waals surface area contributed by atoms with Crippen LogP contribution in [0.1, 0.15) is 213 Å². The van der Waals surface area contributed by atoms with Gasteiger partial charge in [0.1, 0.15) is 11.5 Å². The zero-order valence-corrected chi connectivity index (χ0v) is 55.2. The van der Waals surface area contributed by atoms with Gasteiger partial charge in [-0.1, -0.05) is 167 Å². The van der Waals surface area contributed by atoms with Crippen molar-refractivity contribution in [2.24, 2.45) is 0 Å². The van der Waals surface area contributed by atoms with Crippen molar-refractivity contribution in [3.63, 3.8) is 0 Å². The topological polar surface area (TPSA) is 144 Å². The Morgan fingerprint density at radius 2 is 0.707 bits per heavy atom. The van der Waals surface area contributed by atoms with Crippen LogP contribution in [-0.4, -0.2) is 47.8 Å². The Bertz CT molecular complexity index is 4140. The molecule has 2 aliphatic carbocycles. The van der Waals surface area contributed by atoms with Gasteiger partial charge in [-0.05, 0) is 191 Å². The molecule has 2 aliphatic heterocycles. The van der Waals surface area contributed by atoms with Crippen LogP contribution in [0.2, 0.25) is 0 Å². The number of allylic oxidation sites excluding steroid dienone is 4. The van der Waals surface area contributed by atoms with E-state index in [4.69, 9.17) is 9.97 Å². The van der Waals surface area contributed by atoms with Crippen LogP contribution in [0.15, 0.2) is 109 Å². The van der Waals surface area contributed by atoms with E-state index in [2.05, 4.69) is 134 Å². The van der Waals surface area contributed by atoms with Gasteiger partial charge >= 0.3 is 31.3 Å². The van der Waals surface area contributed by atoms with Crippen LogP contribution in [0, 0.1) is 0 Å². The SMILES string of the molecule is CCC1=C(CC)c2nc1cc1nc(c(-c3ccc(C4(c5ccc(OS(=O)(=O)C(F)(F)F)cc5)CCCCC4)cc3)c3[nH]c(cc4[nH]c(c(CC)c4CC)c2-c2ccc(C4(c5ccc(OS(=O)(=O)C(F)(F)F)cc5)CCCCC4)cc2)c(CC)c3CC)C(CC)=C1CC. The molecular weight excluding hydrogens is 1220 g/mol. The number of H-pyrrole nitrogens is 2. The average Bonchev–Trinajstić information content (AvgIpc) is 1.51. The molecule has 5 heterocycles. The predicted octanol–water partition coefficient (Wildman–Crippen LogP) is 20.3. The lowest BCUT2D eigenvalue weighted by molar-refractivity contribution is -0.0504. The van der Waals surface area contributed by atoms with Gasteiger partial charge in [0.2, 0.25) is 0 Å². The molecule has 0 saturated heterocycles. The summed E-state index contributed by atoms with van der Waals surface area (Å²) in [6.45, 7) is 17.6. The third kappa shape index (κ3) is 11.7. The smallest absolute Gasteiger partial charge is 0.376 e. The second-order valence-corrected chi connectivity index (χ2v) is 27.7. The fourth-order valence-corrected chi connectivity index (χ4v) is 16.5. The van der Waals surface area contributed by atoms with Gasteiger partial charge in [-0.15, -0.1) is 0 Å². The van der Waals surface area contributed by atoms with E-state index in [1.807, 2.05) is 0 Å². The van der Waals surface area contributed by atoms with E-state index in [1.165, 1.54) is 46.5 Å². The van der Waals surface area contributed by atoms with Crippen molar-refractivity contribution in [1.82, 2.24) is 19.9 Å². The fraction of sp³-hybridized carbons (Fsp3) is 0.405. The number of fused-ring (bicyclic) bond motifs is 8. The van der Waals surface area contributed by atoms with Crippen LogP contribution in [0.5, 0.6) is 11.5 Å². The summed E-state index contributed by atoms with van der Waals surface area (Å²) >= 11 is 0. The van der Waals surface area contributed by atoms with Gasteiger partial charge in [0, 0.05) is 33.0 Å². The van der Waals surface area contributed by atoms with E-state index in [1.54, 1.807) is 24.3 Å². The summed E-state index contributed by atoms with van der Waals surface area (Å²) in [4.78, 5) is 19.7. The van der Waals surface area contributed by atoms with Gasteiger partial charge < -0.3 is 18.3 Å². The monoisotopic (exact) mass is 1300 g/mol. The minimum atomic E-state index is -5.85. The number of hydrogen-bond donors (Lipinski definition) is 2. The first-order chi connectivity index (χ1) is 43.9. The number of nitrogens with zero attached hydrogens (tertiary/aromatic N) is 2. The number of aryl methyl sites for hydroxylation is 4. The largest absolute Gasteiger partial charge is 0.534 e. The average molecular weight is 1300 g/mol. The summed E-state index contributed by atoms with van der Waals surface area (Å²) in [5.41, 5.74) is 12.5. The highest BCUT2D eigenvalue weighted by atomic mass is 32.2. The molecular formula is C74H80F6N4O6S2. The molecule has 18 heteroatoms. The van der Waals surface area contributed by atoms with E-state index in [9.17, 15) is 43.2 Å². The number of rotatable bonds is 18. The Morgan fingerprint density at radius 1 is 0.402 bits per heavy atom. The number of nitrogens with one attached hydrogen (secondary N) is 2. The lowest BCUT2D eigenvalue weighted by Gasteiger charge is -2.39. The highest BCUT2D eigenvalue weighted by molar-refractivity contribution is 7.88. The van der Waals surface area contributed by atoms with E-state index in [0.717, 1.165) is 214 Å². The summed E-state index contributed by atoms with van der Waals surface area (Å²) in [6, 6.07) is 34.0. The van der Waals surface area contributed by atoms with Gasteiger partial charge in [0.15, 0.2) is 0 Å². The first-order valence-electron chi connectivity index (χ1n) is 32.7. The molecule has 0 spiro atoms. The maximum atomic E-state index is 13.4.